The SMILES string of the molecule is O=C(CCS(=O)(=O)c1ccccc1)Nc1ccccc1-c1cn2c(n1)SCC2. The van der Waals surface area contributed by atoms with Gasteiger partial charge in [-0.05, 0) is 18.2 Å². The average Bonchev–Trinajstić information content (AvgIpc) is 3.30. The fraction of sp³-hybridized carbons (Fsp3) is 0.200. The van der Waals surface area contributed by atoms with E-state index in [1.54, 1.807) is 48.2 Å². The molecular weight excluding hydrogens is 394 g/mol. The van der Waals surface area contributed by atoms with Gasteiger partial charge >= 0.3 is 0 Å². The fourth-order valence-corrected chi connectivity index (χ4v) is 5.25. The molecule has 1 aliphatic heterocycles. The Morgan fingerprint density at radius 1 is 1.11 bits per heavy atom. The highest BCUT2D eigenvalue weighted by molar-refractivity contribution is 7.99. The molecule has 0 bridgehead atoms. The molecule has 2 heterocycles. The number of rotatable bonds is 6. The van der Waals surface area contributed by atoms with Crippen LogP contribution in [0.2, 0.25) is 0 Å². The largest absolute Gasteiger partial charge is 0.325 e. The first-order valence-electron chi connectivity index (χ1n) is 8.90. The lowest BCUT2D eigenvalue weighted by Crippen LogP contribution is -2.17. The summed E-state index contributed by atoms with van der Waals surface area (Å²) in [5.41, 5.74) is 2.26. The smallest absolute Gasteiger partial charge is 0.225 e. The Bertz CT molecular complexity index is 1090. The van der Waals surface area contributed by atoms with E-state index in [4.69, 9.17) is 0 Å². The molecule has 0 aliphatic carbocycles. The summed E-state index contributed by atoms with van der Waals surface area (Å²) >= 11 is 1.71. The maximum Gasteiger partial charge on any atom is 0.225 e. The monoisotopic (exact) mass is 413 g/mol. The number of benzene rings is 2. The Labute approximate surface area is 167 Å². The van der Waals surface area contributed by atoms with E-state index in [-0.39, 0.29) is 23.0 Å². The first kappa shape index (κ1) is 18.8. The van der Waals surface area contributed by atoms with E-state index >= 15 is 0 Å². The van der Waals surface area contributed by atoms with Crippen molar-refractivity contribution in [3.05, 3.63) is 60.8 Å². The van der Waals surface area contributed by atoms with Crippen molar-refractivity contribution in [1.29, 1.82) is 0 Å². The van der Waals surface area contributed by atoms with Gasteiger partial charge < -0.3 is 9.88 Å². The van der Waals surface area contributed by atoms with E-state index in [0.717, 1.165) is 28.7 Å². The Hall–Kier alpha value is -2.58. The standard InChI is InChI=1S/C20H19N3O3S2/c24-19(10-13-28(25,26)15-6-2-1-3-7-15)21-17-9-5-4-8-16(17)18-14-23-11-12-27-20(23)22-18/h1-9,14H,10-13H2,(H,21,24). The summed E-state index contributed by atoms with van der Waals surface area (Å²) in [7, 11) is -3.49. The summed E-state index contributed by atoms with van der Waals surface area (Å²) in [5.74, 6) is 0.449. The Morgan fingerprint density at radius 2 is 1.86 bits per heavy atom. The molecule has 0 atom stereocenters. The van der Waals surface area contributed by atoms with Crippen LogP contribution in [0.5, 0.6) is 0 Å². The van der Waals surface area contributed by atoms with Gasteiger partial charge in [-0.3, -0.25) is 4.79 Å². The minimum atomic E-state index is -3.49. The van der Waals surface area contributed by atoms with Crippen LogP contribution in [-0.2, 0) is 21.2 Å². The lowest BCUT2D eigenvalue weighted by atomic mass is 10.1. The molecule has 3 aromatic rings. The maximum atomic E-state index is 12.4. The number of thioether (sulfide) groups is 1. The van der Waals surface area contributed by atoms with Gasteiger partial charge in [-0.2, -0.15) is 0 Å². The highest BCUT2D eigenvalue weighted by atomic mass is 32.2. The number of fused-ring (bicyclic) bond motifs is 1. The van der Waals surface area contributed by atoms with Crippen LogP contribution >= 0.6 is 11.8 Å². The van der Waals surface area contributed by atoms with Crippen molar-refractivity contribution in [1.82, 2.24) is 9.55 Å². The van der Waals surface area contributed by atoms with Gasteiger partial charge in [0.15, 0.2) is 15.0 Å². The second-order valence-electron chi connectivity index (χ2n) is 6.43. The van der Waals surface area contributed by atoms with Crippen LogP contribution in [0.25, 0.3) is 11.3 Å². The van der Waals surface area contributed by atoms with Crippen LogP contribution in [-0.4, -0.2) is 35.4 Å². The third-order valence-corrected chi connectivity index (χ3v) is 7.18. The molecule has 1 aromatic heterocycles. The van der Waals surface area contributed by atoms with Gasteiger partial charge in [0.1, 0.15) is 0 Å². The first-order valence-corrected chi connectivity index (χ1v) is 11.5. The maximum absolute atomic E-state index is 12.4. The highest BCUT2D eigenvalue weighted by Crippen LogP contribution is 2.32. The highest BCUT2D eigenvalue weighted by Gasteiger charge is 2.19. The second-order valence-corrected chi connectivity index (χ2v) is 9.60. The van der Waals surface area contributed by atoms with Crippen LogP contribution < -0.4 is 5.32 Å². The van der Waals surface area contributed by atoms with Crippen molar-refractivity contribution in [2.24, 2.45) is 0 Å². The summed E-state index contributed by atoms with van der Waals surface area (Å²) in [4.78, 5) is 17.3. The van der Waals surface area contributed by atoms with Crippen LogP contribution in [0, 0.1) is 0 Å². The molecule has 0 saturated heterocycles. The number of para-hydroxylation sites is 1. The molecule has 28 heavy (non-hydrogen) atoms. The molecule has 144 valence electrons. The number of carbonyl (C=O) groups is 1. The number of aromatic nitrogens is 2. The van der Waals surface area contributed by atoms with Crippen LogP contribution in [0.15, 0.2) is 70.8 Å². The number of carbonyl (C=O) groups excluding carboxylic acids is 1. The van der Waals surface area contributed by atoms with E-state index in [0.29, 0.717) is 5.69 Å². The minimum Gasteiger partial charge on any atom is -0.325 e. The zero-order valence-corrected chi connectivity index (χ0v) is 16.7. The molecule has 4 rings (SSSR count). The van der Waals surface area contributed by atoms with E-state index in [1.165, 1.54) is 0 Å². The second kappa shape index (κ2) is 7.81. The average molecular weight is 414 g/mol. The number of hydrogen-bond acceptors (Lipinski definition) is 5. The zero-order chi connectivity index (χ0) is 19.6. The Morgan fingerprint density at radius 3 is 2.64 bits per heavy atom. The number of sulfone groups is 1. The van der Waals surface area contributed by atoms with Gasteiger partial charge in [-0.25, -0.2) is 13.4 Å². The van der Waals surface area contributed by atoms with Gasteiger partial charge in [-0.15, -0.1) is 0 Å². The molecule has 0 unspecified atom stereocenters. The van der Waals surface area contributed by atoms with Crippen molar-refractivity contribution < 1.29 is 13.2 Å². The van der Waals surface area contributed by atoms with E-state index in [2.05, 4.69) is 14.9 Å². The molecule has 1 amide bonds. The normalized spacial score (nSPS) is 13.3. The van der Waals surface area contributed by atoms with Crippen molar-refractivity contribution in [2.45, 2.75) is 23.0 Å². The Kier molecular flexibility index (Phi) is 5.23. The molecule has 8 heteroatoms. The van der Waals surface area contributed by atoms with Gasteiger partial charge in [0.2, 0.25) is 5.91 Å². The van der Waals surface area contributed by atoms with E-state index in [9.17, 15) is 13.2 Å². The summed E-state index contributed by atoms with van der Waals surface area (Å²) in [6.45, 7) is 0.929. The van der Waals surface area contributed by atoms with Crippen molar-refractivity contribution in [3.8, 4) is 11.3 Å². The van der Waals surface area contributed by atoms with Gasteiger partial charge in [-0.1, -0.05) is 48.2 Å². The van der Waals surface area contributed by atoms with Crippen LogP contribution in [0.1, 0.15) is 6.42 Å². The fourth-order valence-electron chi connectivity index (χ4n) is 3.04. The number of imidazole rings is 1. The lowest BCUT2D eigenvalue weighted by Gasteiger charge is -2.10. The number of aryl methyl sites for hydroxylation is 1. The number of anilines is 1. The molecule has 0 radical (unpaired) electrons. The predicted molar refractivity (Wildman–Crippen MR) is 110 cm³/mol. The molecule has 2 aromatic carbocycles. The summed E-state index contributed by atoms with van der Waals surface area (Å²) in [6.07, 6.45) is 1.88. The van der Waals surface area contributed by atoms with E-state index < -0.39 is 9.84 Å². The molecule has 0 spiro atoms. The predicted octanol–water partition coefficient (Wildman–Crippen LogP) is 3.46. The van der Waals surface area contributed by atoms with Gasteiger partial charge in [0.25, 0.3) is 0 Å². The van der Waals surface area contributed by atoms with Gasteiger partial charge in [0, 0.05) is 30.5 Å². The molecule has 0 saturated carbocycles. The van der Waals surface area contributed by atoms with Crippen LogP contribution in [0.3, 0.4) is 0 Å². The van der Waals surface area contributed by atoms with Crippen molar-refractivity contribution in [3.63, 3.8) is 0 Å². The lowest BCUT2D eigenvalue weighted by molar-refractivity contribution is -0.115. The Balaban J connectivity index is 1.46. The molecule has 0 fully saturated rings. The summed E-state index contributed by atoms with van der Waals surface area (Å²) in [6, 6.07) is 15.6. The zero-order valence-electron chi connectivity index (χ0n) is 15.0. The molecule has 6 nitrogen and oxygen atoms in total. The topological polar surface area (TPSA) is 81.1 Å². The van der Waals surface area contributed by atoms with Crippen molar-refractivity contribution >= 4 is 33.2 Å². The van der Waals surface area contributed by atoms with Crippen LogP contribution in [0.4, 0.5) is 5.69 Å². The summed E-state index contributed by atoms with van der Waals surface area (Å²) in [5, 5.41) is 3.82. The third kappa shape index (κ3) is 3.98. The van der Waals surface area contributed by atoms with Crippen molar-refractivity contribution in [2.75, 3.05) is 16.8 Å². The molecule has 1 aliphatic rings. The number of nitrogens with zero attached hydrogens (tertiary/aromatic N) is 2. The first-order chi connectivity index (χ1) is 13.5. The number of hydrogen-bond donors (Lipinski definition) is 1. The quantitative estimate of drug-likeness (QED) is 0.669. The molecule has 1 N–H and O–H groups in total. The number of amides is 1. The third-order valence-electron chi connectivity index (χ3n) is 4.48. The van der Waals surface area contributed by atoms with E-state index in [1.807, 2.05) is 24.4 Å². The van der Waals surface area contributed by atoms with Gasteiger partial charge in [0.05, 0.1) is 22.0 Å². The number of nitrogens with one attached hydrogen (secondary N) is 1. The minimum absolute atomic E-state index is 0.110. The summed E-state index contributed by atoms with van der Waals surface area (Å²) < 4.78 is 26.8. The molecular formula is C20H19N3O3S2.